The van der Waals surface area contributed by atoms with E-state index in [4.69, 9.17) is 16.6 Å². The predicted molar refractivity (Wildman–Crippen MR) is 215 cm³/mol. The Morgan fingerprint density at radius 3 is 2.53 bits per heavy atom. The first-order valence-corrected chi connectivity index (χ1v) is 20.9. The number of fused-ring (bicyclic) bond motifs is 1. The van der Waals surface area contributed by atoms with Crippen molar-refractivity contribution in [3.05, 3.63) is 52.4 Å². The zero-order chi connectivity index (χ0) is 39.9. The zero-order valence-electron chi connectivity index (χ0n) is 32.6. The highest BCUT2D eigenvalue weighted by atomic mass is 35.5. The van der Waals surface area contributed by atoms with Crippen molar-refractivity contribution in [2.24, 2.45) is 13.0 Å². The smallest absolute Gasteiger partial charge is 0.255 e. The van der Waals surface area contributed by atoms with Gasteiger partial charge < -0.3 is 26.2 Å². The van der Waals surface area contributed by atoms with Crippen molar-refractivity contribution in [2.75, 3.05) is 23.7 Å². The molecule has 5 amide bonds. The molecule has 7 rings (SSSR count). The third-order valence-electron chi connectivity index (χ3n) is 11.6. The van der Waals surface area contributed by atoms with Gasteiger partial charge in [-0.1, -0.05) is 30.5 Å². The van der Waals surface area contributed by atoms with Crippen LogP contribution in [0.1, 0.15) is 112 Å². The molecule has 57 heavy (non-hydrogen) atoms. The minimum Gasteiger partial charge on any atom is -0.353 e. The van der Waals surface area contributed by atoms with Crippen LogP contribution >= 0.6 is 11.6 Å². The van der Waals surface area contributed by atoms with Gasteiger partial charge in [-0.05, 0) is 95.2 Å². The monoisotopic (exact) mass is 800 g/mol. The second-order valence-electron chi connectivity index (χ2n) is 15.9. The number of carbonyl (C=O) groups excluding carboxylic acids is 5. The quantitative estimate of drug-likeness (QED) is 0.0949. The molecule has 0 spiro atoms. The van der Waals surface area contributed by atoms with Crippen LogP contribution < -0.4 is 26.6 Å². The second-order valence-corrected chi connectivity index (χ2v) is 16.3. The highest BCUT2D eigenvalue weighted by molar-refractivity contribution is 6.33. The summed E-state index contributed by atoms with van der Waals surface area (Å²) in [7, 11) is 1.97. The molecule has 0 radical (unpaired) electrons. The van der Waals surface area contributed by atoms with E-state index in [9.17, 15) is 24.0 Å². The molecule has 1 unspecified atom stereocenters. The van der Waals surface area contributed by atoms with Crippen molar-refractivity contribution in [1.29, 1.82) is 0 Å². The standard InChI is InChI=1S/C41H53ClN10O5/c1-51-34(20-25-13-14-25)29(21-45-51)38-31(42)22-44-41(50-38)47-27-17-15-26(16-18-27)46-35(53)11-4-2-3-5-19-43-23-37(55)48-32-9-6-8-28-30(32)24-52(40(28)57)33-10-7-12-36(54)49-39(33)56/h6,8-9,21-22,25-27,33,43H,2-5,7,10-20,23-24H2,1H3,(H,46,53)(H,48,55)(H,44,47,50)(H,49,54,56)/t26-,27-,33?. The van der Waals surface area contributed by atoms with Crippen LogP contribution in [0.4, 0.5) is 11.6 Å². The molecule has 0 bridgehead atoms. The van der Waals surface area contributed by atoms with Crippen molar-refractivity contribution < 1.29 is 24.0 Å². The molecule has 2 aliphatic carbocycles. The number of nitrogens with one attached hydrogen (secondary N) is 5. The van der Waals surface area contributed by atoms with Gasteiger partial charge in [-0.2, -0.15) is 5.10 Å². The normalized spacial score (nSPS) is 20.8. The van der Waals surface area contributed by atoms with Crippen molar-refractivity contribution >= 4 is 52.8 Å². The fourth-order valence-corrected chi connectivity index (χ4v) is 8.36. The average Bonchev–Trinajstić information content (AvgIpc) is 3.90. The van der Waals surface area contributed by atoms with E-state index in [0.29, 0.717) is 65.2 Å². The van der Waals surface area contributed by atoms with Crippen LogP contribution in [0.5, 0.6) is 0 Å². The lowest BCUT2D eigenvalue weighted by molar-refractivity contribution is -0.132. The first kappa shape index (κ1) is 40.3. The topological polar surface area (TPSA) is 192 Å². The molecule has 304 valence electrons. The lowest BCUT2D eigenvalue weighted by Crippen LogP contribution is -2.46. The van der Waals surface area contributed by atoms with Gasteiger partial charge in [0.05, 0.1) is 29.7 Å². The first-order chi connectivity index (χ1) is 27.6. The third kappa shape index (κ3) is 10.4. The first-order valence-electron chi connectivity index (χ1n) is 20.5. The largest absolute Gasteiger partial charge is 0.353 e. The van der Waals surface area contributed by atoms with Crippen molar-refractivity contribution in [3.63, 3.8) is 0 Å². The number of benzene rings is 1. The van der Waals surface area contributed by atoms with E-state index in [1.54, 1.807) is 24.4 Å². The molecule has 2 saturated carbocycles. The number of aromatic nitrogens is 4. The Bertz CT molecular complexity index is 1970. The number of nitrogens with zero attached hydrogens (tertiary/aromatic N) is 5. The van der Waals surface area contributed by atoms with E-state index >= 15 is 0 Å². The molecule has 2 aliphatic heterocycles. The Balaban J connectivity index is 0.748. The Labute approximate surface area is 337 Å². The molecule has 15 nitrogen and oxygen atoms in total. The predicted octanol–water partition coefficient (Wildman–Crippen LogP) is 4.65. The number of halogens is 1. The van der Waals surface area contributed by atoms with Gasteiger partial charge in [-0.25, -0.2) is 9.97 Å². The highest BCUT2D eigenvalue weighted by Crippen LogP contribution is 2.37. The van der Waals surface area contributed by atoms with Gasteiger partial charge in [0.2, 0.25) is 29.6 Å². The van der Waals surface area contributed by atoms with Crippen LogP contribution in [0.2, 0.25) is 5.02 Å². The molecular weight excluding hydrogens is 748 g/mol. The number of hydrogen-bond acceptors (Lipinski definition) is 10. The summed E-state index contributed by atoms with van der Waals surface area (Å²) in [4.78, 5) is 73.7. The Morgan fingerprint density at radius 1 is 0.930 bits per heavy atom. The molecule has 2 aromatic heterocycles. The van der Waals surface area contributed by atoms with Crippen LogP contribution in [0.15, 0.2) is 30.6 Å². The maximum absolute atomic E-state index is 13.2. The Hall–Kier alpha value is -4.89. The molecule has 3 aromatic rings. The van der Waals surface area contributed by atoms with Crippen LogP contribution in [-0.2, 0) is 39.2 Å². The number of rotatable bonds is 17. The van der Waals surface area contributed by atoms with E-state index < -0.39 is 11.9 Å². The number of hydrogen-bond donors (Lipinski definition) is 5. The van der Waals surface area contributed by atoms with Gasteiger partial charge >= 0.3 is 0 Å². The minimum absolute atomic E-state index is 0.0928. The highest BCUT2D eigenvalue weighted by Gasteiger charge is 2.39. The third-order valence-corrected chi connectivity index (χ3v) is 11.8. The van der Waals surface area contributed by atoms with Crippen LogP contribution in [0.25, 0.3) is 11.3 Å². The molecule has 1 saturated heterocycles. The number of anilines is 2. The van der Waals surface area contributed by atoms with Gasteiger partial charge in [-0.3, -0.25) is 34.0 Å². The van der Waals surface area contributed by atoms with E-state index in [2.05, 4.69) is 36.7 Å². The SMILES string of the molecule is Cn1ncc(-c2nc(N[C@H]3CC[C@H](NC(=O)CCCCCCNCC(=O)Nc4cccc5c4CN(C4CCCC(=O)NC4=O)C5=O)CC3)ncc2Cl)c1CC1CC1. The van der Waals surface area contributed by atoms with Crippen LogP contribution in [0.3, 0.4) is 0 Å². The zero-order valence-corrected chi connectivity index (χ0v) is 33.3. The number of unbranched alkanes of at least 4 members (excludes halogenated alkanes) is 3. The molecule has 1 aromatic carbocycles. The van der Waals surface area contributed by atoms with E-state index in [1.165, 1.54) is 17.7 Å². The molecular formula is C41H53ClN10O5. The number of aryl methyl sites for hydroxylation is 1. The number of carbonyl (C=O) groups is 5. The summed E-state index contributed by atoms with van der Waals surface area (Å²) in [5.41, 5.74) is 4.51. The van der Waals surface area contributed by atoms with Gasteiger partial charge in [0.15, 0.2) is 0 Å². The summed E-state index contributed by atoms with van der Waals surface area (Å²) in [5, 5.41) is 20.2. The summed E-state index contributed by atoms with van der Waals surface area (Å²) in [6.07, 6.45) is 15.8. The fraction of sp³-hybridized carbons (Fsp3) is 0.561. The van der Waals surface area contributed by atoms with E-state index in [-0.39, 0.29) is 55.2 Å². The minimum atomic E-state index is -0.722. The van der Waals surface area contributed by atoms with E-state index in [0.717, 1.165) is 69.0 Å². The number of imide groups is 1. The summed E-state index contributed by atoms with van der Waals surface area (Å²) in [6.45, 7) is 0.978. The Morgan fingerprint density at radius 2 is 1.72 bits per heavy atom. The van der Waals surface area contributed by atoms with Gasteiger partial charge in [-0.15, -0.1) is 0 Å². The Kier molecular flexibility index (Phi) is 13.1. The average molecular weight is 801 g/mol. The van der Waals surface area contributed by atoms with Crippen LogP contribution in [0, 0.1) is 5.92 Å². The maximum atomic E-state index is 13.2. The summed E-state index contributed by atoms with van der Waals surface area (Å²) < 4.78 is 1.92. The van der Waals surface area contributed by atoms with Gasteiger partial charge in [0.1, 0.15) is 6.04 Å². The maximum Gasteiger partial charge on any atom is 0.255 e. The van der Waals surface area contributed by atoms with Crippen LogP contribution in [-0.4, -0.2) is 85.4 Å². The van der Waals surface area contributed by atoms with Gasteiger partial charge in [0.25, 0.3) is 5.91 Å². The van der Waals surface area contributed by atoms with Crippen molar-refractivity contribution in [3.8, 4) is 11.3 Å². The van der Waals surface area contributed by atoms with Crippen molar-refractivity contribution in [2.45, 2.75) is 121 Å². The lowest BCUT2D eigenvalue weighted by Gasteiger charge is -2.29. The molecule has 3 fully saturated rings. The molecule has 16 heteroatoms. The molecule has 4 aliphatic rings. The number of amides is 5. The molecule has 4 heterocycles. The second kappa shape index (κ2) is 18.6. The van der Waals surface area contributed by atoms with Gasteiger partial charge in [0, 0.05) is 66.6 Å². The lowest BCUT2D eigenvalue weighted by atomic mass is 9.91. The van der Waals surface area contributed by atoms with Crippen molar-refractivity contribution in [1.82, 2.24) is 40.6 Å². The molecule has 5 N–H and O–H groups in total. The fourth-order valence-electron chi connectivity index (χ4n) is 8.16. The summed E-state index contributed by atoms with van der Waals surface area (Å²) >= 11 is 6.56. The van der Waals surface area contributed by atoms with E-state index in [1.807, 2.05) is 17.9 Å². The summed E-state index contributed by atoms with van der Waals surface area (Å²) in [6, 6.07) is 4.83. The summed E-state index contributed by atoms with van der Waals surface area (Å²) in [5.74, 6) is 0.0856. The molecule has 1 atom stereocenters.